The van der Waals surface area contributed by atoms with Gasteiger partial charge in [0.15, 0.2) is 5.82 Å². The first-order valence-electron chi connectivity index (χ1n) is 5.63. The summed E-state index contributed by atoms with van der Waals surface area (Å²) in [7, 11) is 0. The molecule has 0 radical (unpaired) electrons. The number of pyridine rings is 1. The smallest absolute Gasteiger partial charge is 0.151 e. The number of para-hydroxylation sites is 1. The first-order chi connectivity index (χ1) is 9.25. The molecule has 0 aliphatic heterocycles. The SMILES string of the molecule is Nc1ncnc(Sc2cccc3cccnc23)c1N. The molecule has 0 saturated heterocycles. The van der Waals surface area contributed by atoms with Crippen LogP contribution in [0.3, 0.4) is 0 Å². The molecule has 0 fully saturated rings. The zero-order valence-electron chi connectivity index (χ0n) is 9.95. The highest BCUT2D eigenvalue weighted by molar-refractivity contribution is 7.99. The molecule has 0 spiro atoms. The highest BCUT2D eigenvalue weighted by atomic mass is 32.2. The lowest BCUT2D eigenvalue weighted by Crippen LogP contribution is -2.01. The third-order valence-electron chi connectivity index (χ3n) is 2.68. The van der Waals surface area contributed by atoms with Crippen molar-refractivity contribution in [3.05, 3.63) is 42.9 Å². The summed E-state index contributed by atoms with van der Waals surface area (Å²) in [6, 6.07) is 9.91. The fourth-order valence-corrected chi connectivity index (χ4v) is 2.67. The molecule has 3 aromatic rings. The molecule has 0 aliphatic rings. The Balaban J connectivity index is 2.09. The van der Waals surface area contributed by atoms with Crippen molar-refractivity contribution in [1.29, 1.82) is 0 Å². The van der Waals surface area contributed by atoms with Gasteiger partial charge in [0.2, 0.25) is 0 Å². The van der Waals surface area contributed by atoms with Gasteiger partial charge in [-0.15, -0.1) is 0 Å². The summed E-state index contributed by atoms with van der Waals surface area (Å²) in [5.74, 6) is 0.297. The van der Waals surface area contributed by atoms with E-state index in [1.54, 1.807) is 6.20 Å². The maximum Gasteiger partial charge on any atom is 0.151 e. The Morgan fingerprint density at radius 3 is 2.68 bits per heavy atom. The predicted octanol–water partition coefficient (Wildman–Crippen LogP) is 2.34. The van der Waals surface area contributed by atoms with Crippen LogP contribution in [-0.2, 0) is 0 Å². The maximum atomic E-state index is 5.88. The summed E-state index contributed by atoms with van der Waals surface area (Å²) < 4.78 is 0. The maximum absolute atomic E-state index is 5.88. The quantitative estimate of drug-likeness (QED) is 0.694. The first kappa shape index (κ1) is 11.7. The number of aromatic nitrogens is 3. The second kappa shape index (κ2) is 4.74. The van der Waals surface area contributed by atoms with Gasteiger partial charge < -0.3 is 11.5 Å². The van der Waals surface area contributed by atoms with E-state index in [1.807, 2.05) is 30.3 Å². The number of rotatable bonds is 2. The van der Waals surface area contributed by atoms with Gasteiger partial charge in [0.1, 0.15) is 17.0 Å². The summed E-state index contributed by atoms with van der Waals surface area (Å²) in [4.78, 5) is 13.4. The van der Waals surface area contributed by atoms with Crippen LogP contribution in [0.4, 0.5) is 11.5 Å². The minimum atomic E-state index is 0.297. The molecule has 0 bridgehead atoms. The van der Waals surface area contributed by atoms with Crippen LogP contribution in [0.25, 0.3) is 10.9 Å². The first-order valence-corrected chi connectivity index (χ1v) is 6.45. The van der Waals surface area contributed by atoms with E-state index in [9.17, 15) is 0 Å². The molecule has 19 heavy (non-hydrogen) atoms. The van der Waals surface area contributed by atoms with Crippen LogP contribution in [0.15, 0.2) is 52.8 Å². The number of hydrogen-bond donors (Lipinski definition) is 2. The lowest BCUT2D eigenvalue weighted by Gasteiger charge is -2.07. The number of nitrogens with two attached hydrogens (primary N) is 2. The average molecular weight is 269 g/mol. The Labute approximate surface area is 114 Å². The molecule has 0 unspecified atom stereocenters. The monoisotopic (exact) mass is 269 g/mol. The molecule has 0 atom stereocenters. The van der Waals surface area contributed by atoms with Crippen LogP contribution < -0.4 is 11.5 Å². The fraction of sp³-hybridized carbons (Fsp3) is 0. The molecule has 3 rings (SSSR count). The van der Waals surface area contributed by atoms with Crippen molar-refractivity contribution < 1.29 is 0 Å². The average Bonchev–Trinajstić information content (AvgIpc) is 2.44. The molecule has 0 aliphatic carbocycles. The van der Waals surface area contributed by atoms with E-state index in [0.29, 0.717) is 16.5 Å². The van der Waals surface area contributed by atoms with Crippen LogP contribution in [0, 0.1) is 0 Å². The van der Waals surface area contributed by atoms with Crippen molar-refractivity contribution in [2.75, 3.05) is 11.5 Å². The minimum absolute atomic E-state index is 0.297. The second-order valence-corrected chi connectivity index (χ2v) is 4.94. The summed E-state index contributed by atoms with van der Waals surface area (Å²) in [6.07, 6.45) is 3.18. The van der Waals surface area contributed by atoms with E-state index < -0.39 is 0 Å². The summed E-state index contributed by atoms with van der Waals surface area (Å²) in [6.45, 7) is 0. The highest BCUT2D eigenvalue weighted by Crippen LogP contribution is 2.35. The van der Waals surface area contributed by atoms with Gasteiger partial charge in [-0.2, -0.15) is 0 Å². The number of nitrogen functional groups attached to an aromatic ring is 2. The third-order valence-corrected chi connectivity index (χ3v) is 3.75. The number of fused-ring (bicyclic) bond motifs is 1. The zero-order chi connectivity index (χ0) is 13.2. The van der Waals surface area contributed by atoms with Crippen molar-refractivity contribution in [1.82, 2.24) is 15.0 Å². The molecule has 0 saturated carbocycles. The second-order valence-electron chi connectivity index (χ2n) is 3.91. The standard InChI is InChI=1S/C13H11N5S/c14-10-12(15)17-7-18-13(10)19-9-5-1-3-8-4-2-6-16-11(8)9/h1-7H,14H2,(H2,15,17,18). The Kier molecular flexibility index (Phi) is 2.92. The highest BCUT2D eigenvalue weighted by Gasteiger charge is 2.09. The van der Waals surface area contributed by atoms with Gasteiger partial charge in [-0.05, 0) is 12.1 Å². The van der Waals surface area contributed by atoms with E-state index in [2.05, 4.69) is 15.0 Å². The lowest BCUT2D eigenvalue weighted by atomic mass is 10.2. The molecular weight excluding hydrogens is 258 g/mol. The van der Waals surface area contributed by atoms with Crippen LogP contribution >= 0.6 is 11.8 Å². The Hall–Kier alpha value is -2.34. The van der Waals surface area contributed by atoms with Crippen molar-refractivity contribution in [2.45, 2.75) is 9.92 Å². The van der Waals surface area contributed by atoms with Crippen molar-refractivity contribution >= 4 is 34.2 Å². The fourth-order valence-electron chi connectivity index (χ4n) is 1.74. The van der Waals surface area contributed by atoms with Gasteiger partial charge in [-0.25, -0.2) is 9.97 Å². The normalized spacial score (nSPS) is 10.7. The number of anilines is 2. The largest absolute Gasteiger partial charge is 0.394 e. The summed E-state index contributed by atoms with van der Waals surface area (Å²) in [5, 5.41) is 1.72. The van der Waals surface area contributed by atoms with Crippen LogP contribution in [0.2, 0.25) is 0 Å². The molecular formula is C13H11N5S. The van der Waals surface area contributed by atoms with E-state index in [4.69, 9.17) is 11.5 Å². The van der Waals surface area contributed by atoms with Crippen LogP contribution in [0.1, 0.15) is 0 Å². The number of nitrogens with zero attached hydrogens (tertiary/aromatic N) is 3. The Bertz CT molecular complexity index is 739. The van der Waals surface area contributed by atoms with Crippen LogP contribution in [-0.4, -0.2) is 15.0 Å². The Morgan fingerprint density at radius 1 is 0.947 bits per heavy atom. The molecule has 0 amide bonds. The topological polar surface area (TPSA) is 90.7 Å². The lowest BCUT2D eigenvalue weighted by molar-refractivity contribution is 1.06. The summed E-state index contributed by atoms with van der Waals surface area (Å²) in [5.41, 5.74) is 12.9. The molecule has 94 valence electrons. The minimum Gasteiger partial charge on any atom is -0.394 e. The van der Waals surface area contributed by atoms with Gasteiger partial charge in [0.25, 0.3) is 0 Å². The van der Waals surface area contributed by atoms with E-state index in [0.717, 1.165) is 15.8 Å². The third kappa shape index (κ3) is 2.17. The van der Waals surface area contributed by atoms with Crippen LogP contribution in [0.5, 0.6) is 0 Å². The molecule has 2 aromatic heterocycles. The number of benzene rings is 1. The van der Waals surface area contributed by atoms with E-state index in [1.165, 1.54) is 18.1 Å². The van der Waals surface area contributed by atoms with Gasteiger partial charge >= 0.3 is 0 Å². The van der Waals surface area contributed by atoms with Gasteiger partial charge in [0, 0.05) is 16.5 Å². The van der Waals surface area contributed by atoms with E-state index >= 15 is 0 Å². The van der Waals surface area contributed by atoms with Crippen molar-refractivity contribution in [3.63, 3.8) is 0 Å². The van der Waals surface area contributed by atoms with Gasteiger partial charge in [-0.3, -0.25) is 4.98 Å². The zero-order valence-corrected chi connectivity index (χ0v) is 10.8. The molecule has 4 N–H and O–H groups in total. The molecule has 1 aromatic carbocycles. The molecule has 2 heterocycles. The Morgan fingerprint density at radius 2 is 1.79 bits per heavy atom. The van der Waals surface area contributed by atoms with Gasteiger partial charge in [-0.1, -0.05) is 30.0 Å². The number of hydrogen-bond acceptors (Lipinski definition) is 6. The predicted molar refractivity (Wildman–Crippen MR) is 76.7 cm³/mol. The van der Waals surface area contributed by atoms with Crippen molar-refractivity contribution in [2.24, 2.45) is 0 Å². The van der Waals surface area contributed by atoms with Gasteiger partial charge in [0.05, 0.1) is 5.52 Å². The van der Waals surface area contributed by atoms with E-state index in [-0.39, 0.29) is 0 Å². The molecule has 5 nitrogen and oxygen atoms in total. The van der Waals surface area contributed by atoms with Crippen molar-refractivity contribution in [3.8, 4) is 0 Å². The molecule has 6 heteroatoms. The summed E-state index contributed by atoms with van der Waals surface area (Å²) >= 11 is 1.44.